The normalized spacial score (nSPS) is 14.6. The van der Waals surface area contributed by atoms with Gasteiger partial charge < -0.3 is 4.98 Å². The lowest BCUT2D eigenvalue weighted by Crippen LogP contribution is -2.30. The van der Waals surface area contributed by atoms with E-state index in [0.717, 1.165) is 50.8 Å². The maximum Gasteiger partial charge on any atom is 0.127 e. The van der Waals surface area contributed by atoms with Gasteiger partial charge in [0.2, 0.25) is 0 Å². The highest BCUT2D eigenvalue weighted by molar-refractivity contribution is 6.11. The Kier molecular flexibility index (Phi) is 7.02. The number of nitrogens with zero attached hydrogens (tertiary/aromatic N) is 3. The molecule has 0 unspecified atom stereocenters. The van der Waals surface area contributed by atoms with E-state index in [4.69, 9.17) is 10.5 Å². The molecule has 4 aromatic rings. The van der Waals surface area contributed by atoms with Crippen LogP contribution in [0.3, 0.4) is 0 Å². The maximum atomic E-state index is 8.92. The average molecular weight is 450 g/mol. The van der Waals surface area contributed by atoms with Crippen molar-refractivity contribution >= 4 is 33.4 Å². The number of nitrogens with one attached hydrogen (secondary N) is 2. The van der Waals surface area contributed by atoms with Crippen LogP contribution in [-0.4, -0.2) is 26.5 Å². The van der Waals surface area contributed by atoms with Crippen LogP contribution in [0.4, 0.5) is 0 Å². The number of hydrazone groups is 1. The van der Waals surface area contributed by atoms with E-state index in [1.165, 1.54) is 5.57 Å². The van der Waals surface area contributed by atoms with Gasteiger partial charge in [0.25, 0.3) is 0 Å². The summed E-state index contributed by atoms with van der Waals surface area (Å²) in [5.41, 5.74) is 7.22. The first-order valence-corrected chi connectivity index (χ1v) is 11.9. The van der Waals surface area contributed by atoms with E-state index in [-0.39, 0.29) is 0 Å². The third-order valence-corrected chi connectivity index (χ3v) is 5.95. The van der Waals surface area contributed by atoms with Crippen molar-refractivity contribution < 1.29 is 0 Å². The molecular weight excluding hydrogens is 418 g/mol. The highest BCUT2D eigenvalue weighted by Crippen LogP contribution is 2.24. The van der Waals surface area contributed by atoms with Gasteiger partial charge in [0.15, 0.2) is 0 Å². The summed E-state index contributed by atoms with van der Waals surface area (Å²) < 4.78 is 0. The molecule has 5 rings (SSSR count). The van der Waals surface area contributed by atoms with Crippen LogP contribution in [0.2, 0.25) is 0 Å². The number of rotatable bonds is 4. The van der Waals surface area contributed by atoms with Crippen LogP contribution < -0.4 is 0 Å². The molecule has 2 aromatic carbocycles. The van der Waals surface area contributed by atoms with E-state index in [1.54, 1.807) is 11.2 Å². The standard InChI is InChI=1S/C27H25N5.C2H6/c1-3-18(2)26-11-10-25(21-7-9-24-22(17-21)12-14-30-24)31-32(26)27(28)16-19-6-8-23-20(15-19)5-4-13-29-23;1-2/h4-15,17,28,30H,3,16H2,1-2H3;1-2H3/b26-18+,28-27?;. The van der Waals surface area contributed by atoms with Crippen LogP contribution in [0, 0.1) is 5.41 Å². The first kappa shape index (κ1) is 23.2. The second-order valence-corrected chi connectivity index (χ2v) is 8.08. The van der Waals surface area contributed by atoms with Gasteiger partial charge in [-0.25, -0.2) is 5.01 Å². The van der Waals surface area contributed by atoms with Crippen molar-refractivity contribution in [1.29, 1.82) is 5.41 Å². The molecule has 3 heterocycles. The Balaban J connectivity index is 0.00000133. The molecule has 0 atom stereocenters. The first-order valence-electron chi connectivity index (χ1n) is 11.9. The Morgan fingerprint density at radius 3 is 2.68 bits per heavy atom. The van der Waals surface area contributed by atoms with Gasteiger partial charge in [0, 0.05) is 40.7 Å². The quantitative estimate of drug-likeness (QED) is 0.255. The minimum atomic E-state index is 0.445. The Morgan fingerprint density at radius 2 is 1.85 bits per heavy atom. The second kappa shape index (κ2) is 10.3. The number of amidine groups is 1. The van der Waals surface area contributed by atoms with Gasteiger partial charge in [-0.15, -0.1) is 0 Å². The van der Waals surface area contributed by atoms with E-state index in [0.29, 0.717) is 12.3 Å². The van der Waals surface area contributed by atoms with Crippen molar-refractivity contribution in [2.45, 2.75) is 40.5 Å². The molecule has 2 aromatic heterocycles. The monoisotopic (exact) mass is 449 g/mol. The Morgan fingerprint density at radius 1 is 1.00 bits per heavy atom. The van der Waals surface area contributed by atoms with Crippen molar-refractivity contribution in [3.8, 4) is 0 Å². The van der Waals surface area contributed by atoms with Gasteiger partial charge in [-0.2, -0.15) is 5.10 Å². The van der Waals surface area contributed by atoms with E-state index in [9.17, 15) is 0 Å². The predicted molar refractivity (Wildman–Crippen MR) is 143 cm³/mol. The van der Waals surface area contributed by atoms with Gasteiger partial charge in [0.05, 0.1) is 16.9 Å². The number of hydrogen-bond donors (Lipinski definition) is 2. The van der Waals surface area contributed by atoms with Gasteiger partial charge in [-0.1, -0.05) is 39.0 Å². The molecule has 34 heavy (non-hydrogen) atoms. The number of aromatic amines is 1. The number of pyridine rings is 1. The fourth-order valence-corrected chi connectivity index (χ4v) is 4.00. The van der Waals surface area contributed by atoms with Crippen molar-refractivity contribution in [3.63, 3.8) is 0 Å². The largest absolute Gasteiger partial charge is 0.361 e. The number of benzene rings is 2. The number of aromatic nitrogens is 2. The third-order valence-electron chi connectivity index (χ3n) is 5.95. The van der Waals surface area contributed by atoms with Crippen molar-refractivity contribution in [3.05, 3.63) is 102 Å². The molecule has 1 aliphatic heterocycles. The third kappa shape index (κ3) is 4.69. The molecule has 172 valence electrons. The van der Waals surface area contributed by atoms with Crippen molar-refractivity contribution in [1.82, 2.24) is 15.0 Å². The molecule has 0 aliphatic carbocycles. The first-order chi connectivity index (χ1) is 16.6. The molecule has 0 radical (unpaired) electrons. The molecule has 5 heteroatoms. The molecule has 0 fully saturated rings. The number of H-pyrrole nitrogens is 1. The molecule has 0 saturated carbocycles. The summed E-state index contributed by atoms with van der Waals surface area (Å²) >= 11 is 0. The fraction of sp³-hybridized carbons (Fsp3) is 0.207. The summed E-state index contributed by atoms with van der Waals surface area (Å²) in [6, 6.07) is 18.5. The second-order valence-electron chi connectivity index (χ2n) is 8.08. The molecule has 0 spiro atoms. The van der Waals surface area contributed by atoms with Gasteiger partial charge in [0.1, 0.15) is 5.84 Å². The highest BCUT2D eigenvalue weighted by atomic mass is 15.5. The fourth-order valence-electron chi connectivity index (χ4n) is 4.00. The zero-order chi connectivity index (χ0) is 24.1. The van der Waals surface area contributed by atoms with Crippen LogP contribution in [-0.2, 0) is 6.42 Å². The summed E-state index contributed by atoms with van der Waals surface area (Å²) in [4.78, 5) is 7.63. The average Bonchev–Trinajstić information content (AvgIpc) is 3.37. The molecule has 5 nitrogen and oxygen atoms in total. The van der Waals surface area contributed by atoms with Gasteiger partial charge in [-0.3, -0.25) is 10.4 Å². The summed E-state index contributed by atoms with van der Waals surface area (Å²) in [7, 11) is 0. The smallest absolute Gasteiger partial charge is 0.127 e. The zero-order valence-corrected chi connectivity index (χ0v) is 20.3. The molecule has 0 amide bonds. The predicted octanol–water partition coefficient (Wildman–Crippen LogP) is 7.22. The number of hydrogen-bond acceptors (Lipinski definition) is 3. The maximum absolute atomic E-state index is 8.92. The van der Waals surface area contributed by atoms with Crippen LogP contribution in [0.5, 0.6) is 0 Å². The Bertz CT molecular complexity index is 1420. The van der Waals surface area contributed by atoms with Crippen LogP contribution in [0.25, 0.3) is 21.8 Å². The van der Waals surface area contributed by atoms with Crippen molar-refractivity contribution in [2.24, 2.45) is 5.10 Å². The summed E-state index contributed by atoms with van der Waals surface area (Å²) in [5.74, 6) is 0.445. The summed E-state index contributed by atoms with van der Waals surface area (Å²) in [6.07, 6.45) is 9.28. The van der Waals surface area contributed by atoms with E-state index in [2.05, 4.69) is 66.3 Å². The summed E-state index contributed by atoms with van der Waals surface area (Å²) in [5, 5.41) is 17.9. The van der Waals surface area contributed by atoms with Crippen molar-refractivity contribution in [2.75, 3.05) is 0 Å². The molecule has 2 N–H and O–H groups in total. The van der Waals surface area contributed by atoms with Gasteiger partial charge >= 0.3 is 0 Å². The number of allylic oxidation sites excluding steroid dienone is 3. The van der Waals surface area contributed by atoms with E-state index >= 15 is 0 Å². The lowest BCUT2D eigenvalue weighted by molar-refractivity contribution is 0.540. The Hall–Kier alpha value is -3.99. The molecule has 0 bridgehead atoms. The molecule has 1 aliphatic rings. The highest BCUT2D eigenvalue weighted by Gasteiger charge is 2.20. The van der Waals surface area contributed by atoms with Crippen LogP contribution in [0.15, 0.2) is 95.5 Å². The SMILES string of the molecule is CC.CC/C(C)=C1\C=CC(c2ccc3[nH]ccc3c2)=NN1C(=N)Cc1ccc2ncccc2c1. The minimum absolute atomic E-state index is 0.445. The topological polar surface area (TPSA) is 68.1 Å². The Labute approximate surface area is 201 Å². The van der Waals surface area contributed by atoms with Crippen LogP contribution >= 0.6 is 0 Å². The van der Waals surface area contributed by atoms with E-state index in [1.807, 2.05) is 44.3 Å². The molecule has 0 saturated heterocycles. The summed E-state index contributed by atoms with van der Waals surface area (Å²) in [6.45, 7) is 8.24. The van der Waals surface area contributed by atoms with Gasteiger partial charge in [-0.05, 0) is 73.0 Å². The van der Waals surface area contributed by atoms with Crippen LogP contribution in [0.1, 0.15) is 45.2 Å². The minimum Gasteiger partial charge on any atom is -0.361 e. The number of fused-ring (bicyclic) bond motifs is 2. The zero-order valence-electron chi connectivity index (χ0n) is 20.3. The lowest BCUT2D eigenvalue weighted by Gasteiger charge is -2.27. The molecular formula is C29H31N5. The van der Waals surface area contributed by atoms with E-state index < -0.39 is 0 Å². The lowest BCUT2D eigenvalue weighted by atomic mass is 10.0.